The molecule has 0 aliphatic carbocycles. The van der Waals surface area contributed by atoms with Crippen molar-refractivity contribution >= 4 is 28.6 Å². The van der Waals surface area contributed by atoms with E-state index in [1.54, 1.807) is 31.2 Å². The van der Waals surface area contributed by atoms with Gasteiger partial charge < -0.3 is 4.74 Å². The van der Waals surface area contributed by atoms with Crippen molar-refractivity contribution < 1.29 is 13.9 Å². The van der Waals surface area contributed by atoms with E-state index in [4.69, 9.17) is 4.74 Å². The molecule has 0 radical (unpaired) electrons. The molecule has 0 saturated carbocycles. The highest BCUT2D eigenvalue weighted by Gasteiger charge is 2.10. The predicted octanol–water partition coefficient (Wildman–Crippen LogP) is 4.27. The van der Waals surface area contributed by atoms with E-state index in [1.165, 1.54) is 12.1 Å². The maximum atomic E-state index is 12.9. The van der Waals surface area contributed by atoms with Gasteiger partial charge in [0.05, 0.1) is 12.2 Å². The highest BCUT2D eigenvalue weighted by atomic mass is 127. The van der Waals surface area contributed by atoms with Crippen LogP contribution in [0.4, 0.5) is 4.39 Å². The van der Waals surface area contributed by atoms with Gasteiger partial charge in [0.15, 0.2) is 0 Å². The molecule has 2 aromatic rings. The van der Waals surface area contributed by atoms with Crippen LogP contribution in [0, 0.1) is 9.39 Å². The molecule has 2 rings (SSSR count). The van der Waals surface area contributed by atoms with E-state index in [2.05, 4.69) is 22.6 Å². The molecule has 2 aromatic carbocycles. The lowest BCUT2D eigenvalue weighted by Crippen LogP contribution is -2.04. The summed E-state index contributed by atoms with van der Waals surface area (Å²) in [4.78, 5) is 11.7. The molecule has 2 nitrogen and oxygen atoms in total. The van der Waals surface area contributed by atoms with Crippen molar-refractivity contribution in [3.8, 4) is 11.1 Å². The fourth-order valence-electron chi connectivity index (χ4n) is 1.72. The molecule has 0 aromatic heterocycles. The third-order valence-electron chi connectivity index (χ3n) is 2.63. The van der Waals surface area contributed by atoms with Gasteiger partial charge in [0.1, 0.15) is 5.82 Å². The van der Waals surface area contributed by atoms with Gasteiger partial charge in [-0.1, -0.05) is 12.1 Å². The van der Waals surface area contributed by atoms with Gasteiger partial charge in [0.2, 0.25) is 0 Å². The van der Waals surface area contributed by atoms with Crippen LogP contribution in [0.5, 0.6) is 0 Å². The smallest absolute Gasteiger partial charge is 0.338 e. The van der Waals surface area contributed by atoms with Gasteiger partial charge >= 0.3 is 5.97 Å². The number of esters is 1. The van der Waals surface area contributed by atoms with Gasteiger partial charge in [-0.25, -0.2) is 9.18 Å². The molecule has 0 amide bonds. The normalized spacial score (nSPS) is 10.3. The lowest BCUT2D eigenvalue weighted by Gasteiger charge is -2.08. The standard InChI is InChI=1S/C15H12FIO2/c1-2-19-15(18)11-5-8-14(17)13(9-11)10-3-6-12(16)7-4-10/h3-9H,2H2,1H3. The molecule has 0 saturated heterocycles. The van der Waals surface area contributed by atoms with E-state index in [-0.39, 0.29) is 11.8 Å². The van der Waals surface area contributed by atoms with E-state index in [9.17, 15) is 9.18 Å². The first kappa shape index (κ1) is 14.0. The second-order valence-electron chi connectivity index (χ2n) is 3.92. The highest BCUT2D eigenvalue weighted by Crippen LogP contribution is 2.26. The first-order chi connectivity index (χ1) is 9.11. The predicted molar refractivity (Wildman–Crippen MR) is 80.5 cm³/mol. The Morgan fingerprint density at radius 3 is 2.53 bits per heavy atom. The quantitative estimate of drug-likeness (QED) is 0.596. The average molecular weight is 370 g/mol. The van der Waals surface area contributed by atoms with Crippen LogP contribution in [-0.4, -0.2) is 12.6 Å². The van der Waals surface area contributed by atoms with Crippen LogP contribution in [0.25, 0.3) is 11.1 Å². The number of ether oxygens (including phenoxy) is 1. The molecule has 4 heteroatoms. The van der Waals surface area contributed by atoms with Crippen LogP contribution in [0.15, 0.2) is 42.5 Å². The summed E-state index contributed by atoms with van der Waals surface area (Å²) in [5, 5.41) is 0. The van der Waals surface area contributed by atoms with Crippen LogP contribution in [0.1, 0.15) is 17.3 Å². The van der Waals surface area contributed by atoms with Crippen molar-refractivity contribution in [3.05, 3.63) is 57.4 Å². The zero-order valence-electron chi connectivity index (χ0n) is 10.3. The van der Waals surface area contributed by atoms with E-state index in [0.717, 1.165) is 14.7 Å². The number of hydrogen-bond donors (Lipinski definition) is 0. The molecule has 0 spiro atoms. The molecule has 0 aliphatic heterocycles. The lowest BCUT2D eigenvalue weighted by atomic mass is 10.0. The molecule has 19 heavy (non-hydrogen) atoms. The van der Waals surface area contributed by atoms with Crippen molar-refractivity contribution in [1.82, 2.24) is 0 Å². The van der Waals surface area contributed by atoms with Crippen molar-refractivity contribution in [2.24, 2.45) is 0 Å². The van der Waals surface area contributed by atoms with Crippen LogP contribution in [0.2, 0.25) is 0 Å². The van der Waals surface area contributed by atoms with Crippen molar-refractivity contribution in [2.45, 2.75) is 6.92 Å². The Hall–Kier alpha value is -1.43. The monoisotopic (exact) mass is 370 g/mol. The minimum atomic E-state index is -0.345. The Balaban J connectivity index is 2.42. The van der Waals surface area contributed by atoms with Gasteiger partial charge in [0.25, 0.3) is 0 Å². The SMILES string of the molecule is CCOC(=O)c1ccc(I)c(-c2ccc(F)cc2)c1. The van der Waals surface area contributed by atoms with E-state index >= 15 is 0 Å². The second-order valence-corrected chi connectivity index (χ2v) is 5.08. The third kappa shape index (κ3) is 3.32. The minimum absolute atomic E-state index is 0.277. The molecule has 0 atom stereocenters. The van der Waals surface area contributed by atoms with Gasteiger partial charge in [-0.05, 0) is 71.0 Å². The first-order valence-electron chi connectivity index (χ1n) is 5.84. The second kappa shape index (κ2) is 6.14. The Kier molecular flexibility index (Phi) is 4.52. The molecular formula is C15H12FIO2. The largest absolute Gasteiger partial charge is 0.462 e. The summed E-state index contributed by atoms with van der Waals surface area (Å²) in [5.41, 5.74) is 2.27. The van der Waals surface area contributed by atoms with Crippen molar-refractivity contribution in [1.29, 1.82) is 0 Å². The Morgan fingerprint density at radius 1 is 1.21 bits per heavy atom. The molecule has 0 fully saturated rings. The molecule has 0 bridgehead atoms. The van der Waals surface area contributed by atoms with Crippen LogP contribution >= 0.6 is 22.6 Å². The highest BCUT2D eigenvalue weighted by molar-refractivity contribution is 14.1. The topological polar surface area (TPSA) is 26.3 Å². The number of halogens is 2. The fourth-order valence-corrected chi connectivity index (χ4v) is 2.36. The minimum Gasteiger partial charge on any atom is -0.462 e. The Morgan fingerprint density at radius 2 is 1.89 bits per heavy atom. The van der Waals surface area contributed by atoms with Gasteiger partial charge in [-0.15, -0.1) is 0 Å². The zero-order chi connectivity index (χ0) is 13.8. The summed E-state index contributed by atoms with van der Waals surface area (Å²) in [6.07, 6.45) is 0. The van der Waals surface area contributed by atoms with Crippen LogP contribution in [0.3, 0.4) is 0 Å². The summed E-state index contributed by atoms with van der Waals surface area (Å²) in [6, 6.07) is 11.6. The average Bonchev–Trinajstić information content (AvgIpc) is 2.41. The number of carbonyl (C=O) groups is 1. The van der Waals surface area contributed by atoms with E-state index in [1.807, 2.05) is 6.07 Å². The van der Waals surface area contributed by atoms with E-state index in [0.29, 0.717) is 12.2 Å². The van der Waals surface area contributed by atoms with Crippen LogP contribution in [-0.2, 0) is 4.74 Å². The Labute approximate surface area is 124 Å². The van der Waals surface area contributed by atoms with Gasteiger partial charge in [-0.2, -0.15) is 0 Å². The molecule has 0 N–H and O–H groups in total. The summed E-state index contributed by atoms with van der Waals surface area (Å²) in [6.45, 7) is 2.11. The Bertz CT molecular complexity index is 594. The maximum absolute atomic E-state index is 12.9. The van der Waals surface area contributed by atoms with Gasteiger partial charge in [-0.3, -0.25) is 0 Å². The summed E-state index contributed by atoms with van der Waals surface area (Å²) in [7, 11) is 0. The summed E-state index contributed by atoms with van der Waals surface area (Å²) < 4.78 is 18.9. The van der Waals surface area contributed by atoms with Crippen molar-refractivity contribution in [2.75, 3.05) is 6.61 Å². The maximum Gasteiger partial charge on any atom is 0.338 e. The number of rotatable bonds is 3. The zero-order valence-corrected chi connectivity index (χ0v) is 12.5. The lowest BCUT2D eigenvalue weighted by molar-refractivity contribution is 0.0526. The molecule has 98 valence electrons. The molecule has 0 heterocycles. The number of hydrogen-bond acceptors (Lipinski definition) is 2. The van der Waals surface area contributed by atoms with Gasteiger partial charge in [0, 0.05) is 3.57 Å². The summed E-state index contributed by atoms with van der Waals surface area (Å²) in [5.74, 6) is -0.623. The fraction of sp³-hybridized carbons (Fsp3) is 0.133. The number of carbonyl (C=O) groups excluding carboxylic acids is 1. The van der Waals surface area contributed by atoms with Crippen LogP contribution < -0.4 is 0 Å². The van der Waals surface area contributed by atoms with E-state index < -0.39 is 0 Å². The number of benzene rings is 2. The molecule has 0 unspecified atom stereocenters. The first-order valence-corrected chi connectivity index (χ1v) is 6.92. The molecular weight excluding hydrogens is 358 g/mol. The third-order valence-corrected chi connectivity index (χ3v) is 3.57. The van der Waals surface area contributed by atoms with Crippen molar-refractivity contribution in [3.63, 3.8) is 0 Å². The summed E-state index contributed by atoms with van der Waals surface area (Å²) >= 11 is 2.19. The molecule has 0 aliphatic rings.